The molecule has 13 heavy (non-hydrogen) atoms. The molecule has 0 N–H and O–H groups in total. The Bertz CT molecular complexity index is 316. The quantitative estimate of drug-likeness (QED) is 0.641. The van der Waals surface area contributed by atoms with E-state index in [1.165, 1.54) is 16.7 Å². The minimum Gasteiger partial charge on any atom is -0.387 e. The molecule has 0 fully saturated rings. The molecular weight excluding hydrogens is 162 g/mol. The first-order valence-corrected chi connectivity index (χ1v) is 4.44. The van der Waals surface area contributed by atoms with Gasteiger partial charge in [0.1, 0.15) is 6.21 Å². The molecule has 0 aliphatic carbocycles. The maximum Gasteiger partial charge on any atom is 0.158 e. The van der Waals surface area contributed by atoms with Gasteiger partial charge in [-0.05, 0) is 25.0 Å². The largest absolute Gasteiger partial charge is 0.387 e. The van der Waals surface area contributed by atoms with Crippen molar-refractivity contribution in [3.8, 4) is 0 Å². The smallest absolute Gasteiger partial charge is 0.158 e. The summed E-state index contributed by atoms with van der Waals surface area (Å²) in [6.07, 6.45) is 3.68. The molecule has 1 heterocycles. The molecule has 0 aromatic heterocycles. The maximum absolute atomic E-state index is 5.21. The molecule has 2 rings (SSSR count). The van der Waals surface area contributed by atoms with E-state index in [4.69, 9.17) is 4.84 Å². The second kappa shape index (κ2) is 3.21. The summed E-state index contributed by atoms with van der Waals surface area (Å²) in [5.74, 6) is 0. The van der Waals surface area contributed by atoms with Crippen molar-refractivity contribution in [2.45, 2.75) is 26.4 Å². The van der Waals surface area contributed by atoms with Crippen LogP contribution >= 0.6 is 0 Å². The lowest BCUT2D eigenvalue weighted by Gasteiger charge is -2.14. The van der Waals surface area contributed by atoms with Crippen LogP contribution in [0.2, 0.25) is 0 Å². The summed E-state index contributed by atoms with van der Waals surface area (Å²) in [4.78, 5) is 5.21. The van der Waals surface area contributed by atoms with Crippen LogP contribution in [0.5, 0.6) is 0 Å². The highest BCUT2D eigenvalue weighted by atomic mass is 16.6. The third-order valence-electron chi connectivity index (χ3n) is 2.39. The molecule has 2 nitrogen and oxygen atoms in total. The summed E-state index contributed by atoms with van der Waals surface area (Å²) in [7, 11) is 0. The minimum atomic E-state index is 0.0844. The predicted molar refractivity (Wildman–Crippen MR) is 51.8 cm³/mol. The molecule has 1 aliphatic heterocycles. The van der Waals surface area contributed by atoms with Crippen molar-refractivity contribution in [3.05, 3.63) is 34.9 Å². The van der Waals surface area contributed by atoms with Crippen LogP contribution in [0.25, 0.3) is 0 Å². The monoisotopic (exact) mass is 174 g/mol. The number of nitrogens with zero attached hydrogens (tertiary/aromatic N) is 1. The zero-order valence-corrected chi connectivity index (χ0v) is 7.87. The maximum atomic E-state index is 5.21. The Hall–Kier alpha value is -1.31. The molecule has 0 saturated heterocycles. The molecule has 1 aromatic carbocycles. The van der Waals surface area contributed by atoms with Gasteiger partial charge in [-0.25, -0.2) is 0 Å². The summed E-state index contributed by atoms with van der Waals surface area (Å²) in [5, 5.41) is 3.67. The molecule has 1 atom stereocenters. The van der Waals surface area contributed by atoms with E-state index < -0.39 is 0 Å². The number of hydrogen-bond donors (Lipinski definition) is 0. The van der Waals surface area contributed by atoms with Crippen LogP contribution in [-0.2, 0) is 4.84 Å². The Morgan fingerprint density at radius 2 is 2.08 bits per heavy atom. The van der Waals surface area contributed by atoms with Crippen molar-refractivity contribution in [1.29, 1.82) is 0 Å². The topological polar surface area (TPSA) is 21.6 Å². The fourth-order valence-electron chi connectivity index (χ4n) is 1.75. The van der Waals surface area contributed by atoms with Crippen molar-refractivity contribution < 1.29 is 4.84 Å². The number of hydrogen-bond acceptors (Lipinski definition) is 2. The van der Waals surface area contributed by atoms with Crippen LogP contribution in [0.4, 0.5) is 0 Å². The van der Waals surface area contributed by atoms with Crippen molar-refractivity contribution in [2.75, 3.05) is 0 Å². The minimum absolute atomic E-state index is 0.0844. The van der Waals surface area contributed by atoms with Gasteiger partial charge < -0.3 is 4.84 Å². The van der Waals surface area contributed by atoms with Gasteiger partial charge in [-0.15, -0.1) is 0 Å². The van der Waals surface area contributed by atoms with Crippen LogP contribution in [0.1, 0.15) is 29.2 Å². The van der Waals surface area contributed by atoms with Gasteiger partial charge in [-0.2, -0.15) is 0 Å². The molecule has 0 spiro atoms. The number of benzene rings is 1. The molecule has 0 bridgehead atoms. The number of rotatable bonds is 1. The average Bonchev–Trinajstić information content (AvgIpc) is 2.57. The van der Waals surface area contributed by atoms with Crippen LogP contribution in [0.3, 0.4) is 0 Å². The van der Waals surface area contributed by atoms with E-state index in [1.807, 2.05) is 0 Å². The van der Waals surface area contributed by atoms with Gasteiger partial charge in [0.15, 0.2) is 6.10 Å². The van der Waals surface area contributed by atoms with E-state index in [0.717, 1.165) is 6.42 Å². The van der Waals surface area contributed by atoms with Gasteiger partial charge in [0.25, 0.3) is 0 Å². The summed E-state index contributed by atoms with van der Waals surface area (Å²) in [5.41, 5.74) is 3.80. The first-order chi connectivity index (χ1) is 6.29. The Balaban J connectivity index is 2.38. The van der Waals surface area contributed by atoms with Crippen LogP contribution in [-0.4, -0.2) is 6.21 Å². The summed E-state index contributed by atoms with van der Waals surface area (Å²) in [6, 6.07) is 6.27. The van der Waals surface area contributed by atoms with Crippen molar-refractivity contribution in [2.24, 2.45) is 5.16 Å². The van der Waals surface area contributed by atoms with Crippen molar-refractivity contribution in [3.63, 3.8) is 0 Å². The number of aryl methyl sites for hydroxylation is 2. The van der Waals surface area contributed by atoms with E-state index in [9.17, 15) is 0 Å². The fraction of sp³-hybridized carbons (Fsp3) is 0.364. The molecule has 0 amide bonds. The lowest BCUT2D eigenvalue weighted by Crippen LogP contribution is -2.01. The SMILES string of the molecule is Cc1cccc(C)c1C1C[C]=NO1. The zero-order chi connectivity index (χ0) is 9.26. The molecule has 1 aromatic rings. The molecule has 0 saturated carbocycles. The van der Waals surface area contributed by atoms with Crippen LogP contribution in [0, 0.1) is 13.8 Å². The highest BCUT2D eigenvalue weighted by Crippen LogP contribution is 2.29. The van der Waals surface area contributed by atoms with Crippen molar-refractivity contribution >= 4 is 6.21 Å². The molecule has 67 valence electrons. The summed E-state index contributed by atoms with van der Waals surface area (Å²) >= 11 is 0. The van der Waals surface area contributed by atoms with E-state index in [-0.39, 0.29) is 6.10 Å². The molecule has 1 unspecified atom stereocenters. The van der Waals surface area contributed by atoms with Gasteiger partial charge >= 0.3 is 0 Å². The van der Waals surface area contributed by atoms with E-state index in [0.29, 0.717) is 0 Å². The van der Waals surface area contributed by atoms with E-state index >= 15 is 0 Å². The first kappa shape index (κ1) is 8.30. The van der Waals surface area contributed by atoms with E-state index in [1.54, 1.807) is 0 Å². The van der Waals surface area contributed by atoms with Gasteiger partial charge in [0.2, 0.25) is 0 Å². The average molecular weight is 174 g/mol. The normalized spacial score (nSPS) is 20.3. The molecule has 1 radical (unpaired) electrons. The van der Waals surface area contributed by atoms with Crippen molar-refractivity contribution in [1.82, 2.24) is 0 Å². The Labute approximate surface area is 78.2 Å². The second-order valence-electron chi connectivity index (χ2n) is 3.35. The molecule has 1 aliphatic rings. The Kier molecular flexibility index (Phi) is 2.05. The predicted octanol–water partition coefficient (Wildman–Crippen LogP) is 2.63. The highest BCUT2D eigenvalue weighted by Gasteiger charge is 2.19. The third-order valence-corrected chi connectivity index (χ3v) is 2.39. The summed E-state index contributed by atoms with van der Waals surface area (Å²) in [6.45, 7) is 4.20. The Morgan fingerprint density at radius 1 is 1.38 bits per heavy atom. The van der Waals surface area contributed by atoms with Crippen LogP contribution < -0.4 is 0 Å². The lowest BCUT2D eigenvalue weighted by atomic mass is 9.97. The standard InChI is InChI=1S/C11H12NO/c1-8-4-3-5-9(2)11(8)10-6-7-12-13-10/h3-5,10H,6H2,1-2H3. The zero-order valence-electron chi connectivity index (χ0n) is 7.87. The van der Waals surface area contributed by atoms with Gasteiger partial charge in [-0.3, -0.25) is 0 Å². The first-order valence-electron chi connectivity index (χ1n) is 4.44. The third kappa shape index (κ3) is 1.44. The lowest BCUT2D eigenvalue weighted by molar-refractivity contribution is 0.0849. The highest BCUT2D eigenvalue weighted by molar-refractivity contribution is 5.60. The van der Waals surface area contributed by atoms with Gasteiger partial charge in [0, 0.05) is 12.0 Å². The fourth-order valence-corrected chi connectivity index (χ4v) is 1.75. The second-order valence-corrected chi connectivity index (χ2v) is 3.35. The van der Waals surface area contributed by atoms with Gasteiger partial charge in [0.05, 0.1) is 0 Å². The van der Waals surface area contributed by atoms with E-state index in [2.05, 4.69) is 43.4 Å². The summed E-state index contributed by atoms with van der Waals surface area (Å²) < 4.78 is 0. The molecular formula is C11H12NO. The van der Waals surface area contributed by atoms with Crippen LogP contribution in [0.15, 0.2) is 23.4 Å². The molecule has 2 heteroatoms. The Morgan fingerprint density at radius 3 is 2.62 bits per heavy atom. The van der Waals surface area contributed by atoms with Gasteiger partial charge in [-0.1, -0.05) is 23.4 Å².